The van der Waals surface area contributed by atoms with Crippen LogP contribution in [0.5, 0.6) is 5.75 Å². The minimum Gasteiger partial charge on any atom is -0.484 e. The van der Waals surface area contributed by atoms with Crippen molar-refractivity contribution in [1.29, 1.82) is 0 Å². The highest BCUT2D eigenvalue weighted by Crippen LogP contribution is 2.43. The first-order chi connectivity index (χ1) is 13.8. The Morgan fingerprint density at radius 1 is 0.966 bits per heavy atom. The van der Waals surface area contributed by atoms with E-state index >= 15 is 0 Å². The van der Waals surface area contributed by atoms with Gasteiger partial charge in [-0.3, -0.25) is 14.5 Å². The second-order valence-corrected chi connectivity index (χ2v) is 9.04. The Kier molecular flexibility index (Phi) is 4.85. The van der Waals surface area contributed by atoms with Crippen LogP contribution in [0.15, 0.2) is 54.6 Å². The van der Waals surface area contributed by atoms with Gasteiger partial charge in [0.25, 0.3) is 0 Å². The number of carbonyl (C=O) groups is 2. The van der Waals surface area contributed by atoms with Gasteiger partial charge in [-0.25, -0.2) is 0 Å². The largest absolute Gasteiger partial charge is 0.484 e. The quantitative estimate of drug-likeness (QED) is 0.716. The van der Waals surface area contributed by atoms with E-state index in [1.165, 1.54) is 0 Å². The average molecular weight is 392 g/mol. The monoisotopic (exact) mass is 392 g/mol. The molecule has 2 aliphatic heterocycles. The number of fused-ring (bicyclic) bond motifs is 1. The van der Waals surface area contributed by atoms with Gasteiger partial charge in [0, 0.05) is 37.0 Å². The summed E-state index contributed by atoms with van der Waals surface area (Å²) in [6, 6.07) is 17.4. The summed E-state index contributed by atoms with van der Waals surface area (Å²) in [4.78, 5) is 29.7. The molecule has 0 bridgehead atoms. The van der Waals surface area contributed by atoms with Crippen LogP contribution < -0.4 is 9.64 Å². The molecule has 1 fully saturated rings. The van der Waals surface area contributed by atoms with Gasteiger partial charge in [-0.2, -0.15) is 0 Å². The molecular formula is C24H28N2O3. The number of amides is 2. The molecule has 5 nitrogen and oxygen atoms in total. The Labute approximate surface area is 172 Å². The fourth-order valence-electron chi connectivity index (χ4n) is 4.22. The molecule has 152 valence electrons. The summed E-state index contributed by atoms with van der Waals surface area (Å²) in [6.07, 6.45) is 1.60. The van der Waals surface area contributed by atoms with Crippen molar-refractivity contribution in [2.45, 2.75) is 45.6 Å². The van der Waals surface area contributed by atoms with E-state index in [0.717, 1.165) is 17.1 Å². The lowest BCUT2D eigenvalue weighted by molar-refractivity contribution is -0.143. The van der Waals surface area contributed by atoms with E-state index in [0.29, 0.717) is 32.4 Å². The lowest BCUT2D eigenvalue weighted by Crippen LogP contribution is -2.52. The van der Waals surface area contributed by atoms with Crippen molar-refractivity contribution in [3.8, 4) is 5.75 Å². The van der Waals surface area contributed by atoms with Crippen LogP contribution in [0.25, 0.3) is 0 Å². The van der Waals surface area contributed by atoms with Gasteiger partial charge in [0.15, 0.2) is 0 Å². The molecule has 2 amide bonds. The van der Waals surface area contributed by atoms with E-state index in [9.17, 15) is 9.59 Å². The van der Waals surface area contributed by atoms with Crippen LogP contribution in [-0.4, -0.2) is 35.4 Å². The Morgan fingerprint density at radius 2 is 1.59 bits per heavy atom. The van der Waals surface area contributed by atoms with Crippen LogP contribution in [0.4, 0.5) is 11.4 Å². The molecule has 29 heavy (non-hydrogen) atoms. The smallest absolute Gasteiger partial charge is 0.235 e. The zero-order valence-electron chi connectivity index (χ0n) is 17.4. The molecule has 5 heteroatoms. The minimum absolute atomic E-state index is 0.0248. The van der Waals surface area contributed by atoms with Crippen molar-refractivity contribution in [1.82, 2.24) is 4.90 Å². The zero-order chi connectivity index (χ0) is 20.6. The number of hydrogen-bond donors (Lipinski definition) is 0. The number of anilines is 2. The van der Waals surface area contributed by atoms with Crippen molar-refractivity contribution in [2.75, 3.05) is 18.0 Å². The van der Waals surface area contributed by atoms with E-state index in [-0.39, 0.29) is 11.8 Å². The van der Waals surface area contributed by atoms with Crippen LogP contribution in [-0.2, 0) is 9.59 Å². The molecule has 1 spiro atoms. The molecule has 0 aromatic heterocycles. The summed E-state index contributed by atoms with van der Waals surface area (Å²) in [7, 11) is 0. The van der Waals surface area contributed by atoms with Crippen molar-refractivity contribution in [3.63, 3.8) is 0 Å². The second-order valence-electron chi connectivity index (χ2n) is 9.04. The molecule has 2 heterocycles. The molecule has 2 aliphatic rings. The third-order valence-electron chi connectivity index (χ3n) is 5.77. The molecular weight excluding hydrogens is 364 g/mol. The Bertz CT molecular complexity index is 909. The molecule has 0 aliphatic carbocycles. The van der Waals surface area contributed by atoms with Crippen molar-refractivity contribution in [3.05, 3.63) is 54.6 Å². The number of carbonyl (C=O) groups excluding carboxylic acids is 2. The molecule has 0 radical (unpaired) electrons. The van der Waals surface area contributed by atoms with E-state index < -0.39 is 11.0 Å². The summed E-state index contributed by atoms with van der Waals surface area (Å²) in [5, 5.41) is 0. The molecule has 2 aromatic carbocycles. The summed E-state index contributed by atoms with van der Waals surface area (Å²) in [5.41, 5.74) is 0.631. The molecule has 0 saturated carbocycles. The number of nitrogens with zero attached hydrogens (tertiary/aromatic N) is 2. The number of piperidine rings is 1. The van der Waals surface area contributed by atoms with Gasteiger partial charge in [0.1, 0.15) is 11.4 Å². The number of para-hydroxylation sites is 3. The summed E-state index contributed by atoms with van der Waals surface area (Å²) >= 11 is 0. The first-order valence-corrected chi connectivity index (χ1v) is 10.2. The summed E-state index contributed by atoms with van der Waals surface area (Å²) in [6.45, 7) is 7.05. The Hall–Kier alpha value is -2.82. The topological polar surface area (TPSA) is 49.9 Å². The summed E-state index contributed by atoms with van der Waals surface area (Å²) < 4.78 is 6.52. The van der Waals surface area contributed by atoms with Gasteiger partial charge in [0.05, 0.1) is 12.1 Å². The minimum atomic E-state index is -0.578. The first-order valence-electron chi connectivity index (χ1n) is 10.2. The van der Waals surface area contributed by atoms with Crippen LogP contribution in [0.2, 0.25) is 0 Å². The van der Waals surface area contributed by atoms with Gasteiger partial charge in [0.2, 0.25) is 11.8 Å². The van der Waals surface area contributed by atoms with E-state index in [1.54, 1.807) is 4.90 Å². The van der Waals surface area contributed by atoms with E-state index in [1.807, 2.05) is 80.3 Å². The lowest BCUT2D eigenvalue weighted by atomic mass is 9.85. The third-order valence-corrected chi connectivity index (χ3v) is 5.77. The number of rotatable bonds is 1. The number of hydrogen-bond acceptors (Lipinski definition) is 3. The number of benzene rings is 2. The van der Waals surface area contributed by atoms with Crippen molar-refractivity contribution >= 4 is 23.2 Å². The van der Waals surface area contributed by atoms with Crippen LogP contribution in [0.3, 0.4) is 0 Å². The maximum atomic E-state index is 13.4. The van der Waals surface area contributed by atoms with E-state index in [2.05, 4.69) is 0 Å². The maximum Gasteiger partial charge on any atom is 0.235 e. The highest BCUT2D eigenvalue weighted by atomic mass is 16.5. The molecule has 0 unspecified atom stereocenters. The predicted octanol–water partition coefficient (Wildman–Crippen LogP) is 4.54. The second kappa shape index (κ2) is 7.21. The molecule has 2 aromatic rings. The van der Waals surface area contributed by atoms with Crippen molar-refractivity contribution in [2.24, 2.45) is 5.41 Å². The maximum absolute atomic E-state index is 13.4. The van der Waals surface area contributed by atoms with Gasteiger partial charge < -0.3 is 9.64 Å². The van der Waals surface area contributed by atoms with Crippen molar-refractivity contribution < 1.29 is 14.3 Å². The van der Waals surface area contributed by atoms with Gasteiger partial charge in [-0.05, 0) is 24.3 Å². The molecule has 0 atom stereocenters. The van der Waals surface area contributed by atoms with Gasteiger partial charge in [-0.1, -0.05) is 51.1 Å². The zero-order valence-corrected chi connectivity index (χ0v) is 17.4. The van der Waals surface area contributed by atoms with Gasteiger partial charge >= 0.3 is 0 Å². The fourth-order valence-corrected chi connectivity index (χ4v) is 4.22. The Balaban J connectivity index is 1.64. The average Bonchev–Trinajstić information content (AvgIpc) is 2.81. The third kappa shape index (κ3) is 3.74. The number of likely N-dealkylation sites (tertiary alicyclic amines) is 1. The molecule has 4 rings (SSSR count). The normalized spacial score (nSPS) is 18.8. The van der Waals surface area contributed by atoms with E-state index in [4.69, 9.17) is 4.74 Å². The van der Waals surface area contributed by atoms with Gasteiger partial charge in [-0.15, -0.1) is 0 Å². The van der Waals surface area contributed by atoms with Crippen LogP contribution >= 0.6 is 0 Å². The molecule has 1 saturated heterocycles. The SMILES string of the molecule is CC(C)(C)C(=O)N1CCC2(CC1)CC(=O)N(c1ccccc1)c1ccccc1O2. The predicted molar refractivity (Wildman–Crippen MR) is 113 cm³/mol. The first kappa shape index (κ1) is 19.5. The lowest BCUT2D eigenvalue weighted by Gasteiger charge is -2.42. The highest BCUT2D eigenvalue weighted by molar-refractivity contribution is 6.03. The fraction of sp³-hybridized carbons (Fsp3) is 0.417. The highest BCUT2D eigenvalue weighted by Gasteiger charge is 2.45. The standard InChI is InChI=1S/C24H28N2O3/c1-23(2,3)22(28)25-15-13-24(14-16-25)17-21(27)26(18-9-5-4-6-10-18)19-11-7-8-12-20(19)29-24/h4-12H,13-17H2,1-3H3. The summed E-state index contributed by atoms with van der Waals surface area (Å²) in [5.74, 6) is 0.896. The van der Waals surface area contributed by atoms with Crippen LogP contribution in [0.1, 0.15) is 40.0 Å². The van der Waals surface area contributed by atoms with Crippen LogP contribution in [0, 0.1) is 5.41 Å². The number of ether oxygens (including phenoxy) is 1. The molecule has 0 N–H and O–H groups in total. The Morgan fingerprint density at radius 3 is 2.24 bits per heavy atom.